The van der Waals surface area contributed by atoms with E-state index >= 15 is 0 Å². The molecule has 0 radical (unpaired) electrons. The van der Waals surface area contributed by atoms with Gasteiger partial charge in [-0.2, -0.15) is 13.1 Å². The molecule has 92 valence electrons. The molecule has 3 N–H and O–H groups in total. The first-order valence-corrected chi connectivity index (χ1v) is 6.73. The van der Waals surface area contributed by atoms with Gasteiger partial charge in [0.25, 0.3) is 10.2 Å². The summed E-state index contributed by atoms with van der Waals surface area (Å²) in [6, 6.07) is 1.76. The van der Waals surface area contributed by atoms with Gasteiger partial charge in [-0.1, -0.05) is 19.0 Å². The highest BCUT2D eigenvalue weighted by Gasteiger charge is 2.13. The first kappa shape index (κ1) is 13.1. The fraction of sp³-hybridized carbons (Fsp3) is 0.667. The largest absolute Gasteiger partial charge is 0.360 e. The van der Waals surface area contributed by atoms with Crippen molar-refractivity contribution >= 4 is 10.2 Å². The van der Waals surface area contributed by atoms with E-state index in [0.29, 0.717) is 11.7 Å². The maximum atomic E-state index is 10.7. The van der Waals surface area contributed by atoms with Crippen molar-refractivity contribution in [2.24, 2.45) is 5.14 Å². The van der Waals surface area contributed by atoms with Gasteiger partial charge >= 0.3 is 0 Å². The molecule has 0 aromatic carbocycles. The van der Waals surface area contributed by atoms with Crippen molar-refractivity contribution in [1.82, 2.24) is 9.88 Å². The van der Waals surface area contributed by atoms with Crippen LogP contribution < -0.4 is 9.86 Å². The summed E-state index contributed by atoms with van der Waals surface area (Å²) in [7, 11) is -3.68. The molecule has 7 heteroatoms. The quantitative estimate of drug-likeness (QED) is 0.779. The zero-order chi connectivity index (χ0) is 12.2. The van der Waals surface area contributed by atoms with Crippen molar-refractivity contribution in [3.8, 4) is 0 Å². The lowest BCUT2D eigenvalue weighted by molar-refractivity contribution is 0.368. The van der Waals surface area contributed by atoms with Crippen LogP contribution >= 0.6 is 0 Å². The molecular formula is C9H17N3O3S. The highest BCUT2D eigenvalue weighted by molar-refractivity contribution is 7.87. The zero-order valence-electron chi connectivity index (χ0n) is 9.43. The number of nitrogens with two attached hydrogens (primary N) is 1. The average molecular weight is 247 g/mol. The molecule has 0 saturated heterocycles. The normalized spacial score (nSPS) is 12.2. The fourth-order valence-corrected chi connectivity index (χ4v) is 1.83. The van der Waals surface area contributed by atoms with Gasteiger partial charge in [0.1, 0.15) is 0 Å². The van der Waals surface area contributed by atoms with Crippen molar-refractivity contribution in [3.63, 3.8) is 0 Å². The molecule has 0 saturated carbocycles. The topological polar surface area (TPSA) is 98.2 Å². The Hall–Kier alpha value is -0.920. The Labute approximate surface area is 95.4 Å². The van der Waals surface area contributed by atoms with E-state index in [2.05, 4.69) is 23.7 Å². The van der Waals surface area contributed by atoms with E-state index in [1.165, 1.54) is 0 Å². The Kier molecular flexibility index (Phi) is 4.45. The number of aromatic nitrogens is 1. The molecule has 0 amide bonds. The van der Waals surface area contributed by atoms with Crippen LogP contribution in [0.25, 0.3) is 0 Å². The van der Waals surface area contributed by atoms with Gasteiger partial charge in [0.05, 0.1) is 12.2 Å². The van der Waals surface area contributed by atoms with Gasteiger partial charge in [-0.25, -0.2) is 5.14 Å². The summed E-state index contributed by atoms with van der Waals surface area (Å²) in [6.07, 6.45) is 1.95. The van der Waals surface area contributed by atoms with Crippen LogP contribution in [0.3, 0.4) is 0 Å². The van der Waals surface area contributed by atoms with E-state index in [-0.39, 0.29) is 6.54 Å². The van der Waals surface area contributed by atoms with Crippen LogP contribution in [0.4, 0.5) is 0 Å². The molecule has 16 heavy (non-hydrogen) atoms. The van der Waals surface area contributed by atoms with Crippen LogP contribution in [0.5, 0.6) is 0 Å². The third-order valence-electron chi connectivity index (χ3n) is 2.43. The van der Waals surface area contributed by atoms with Gasteiger partial charge in [-0.05, 0) is 12.8 Å². The highest BCUT2D eigenvalue weighted by Crippen LogP contribution is 2.22. The highest BCUT2D eigenvalue weighted by atomic mass is 32.2. The van der Waals surface area contributed by atoms with Crippen LogP contribution in [0, 0.1) is 0 Å². The summed E-state index contributed by atoms with van der Waals surface area (Å²) < 4.78 is 28.5. The Bertz CT molecular complexity index is 423. The van der Waals surface area contributed by atoms with Gasteiger partial charge in [-0.3, -0.25) is 0 Å². The minimum Gasteiger partial charge on any atom is -0.360 e. The van der Waals surface area contributed by atoms with Gasteiger partial charge in [0.2, 0.25) is 0 Å². The van der Waals surface area contributed by atoms with Crippen LogP contribution in [-0.4, -0.2) is 13.6 Å². The zero-order valence-corrected chi connectivity index (χ0v) is 10.3. The Balaban J connectivity index is 2.64. The summed E-state index contributed by atoms with van der Waals surface area (Å²) in [5.74, 6) is 0.822. The number of rotatable bonds is 6. The molecular weight excluding hydrogens is 230 g/mol. The molecule has 1 heterocycles. The predicted octanol–water partition coefficient (Wildman–Crippen LogP) is 0.871. The molecule has 0 fully saturated rings. The van der Waals surface area contributed by atoms with Gasteiger partial charge in [0.15, 0.2) is 5.76 Å². The lowest BCUT2D eigenvalue weighted by Gasteiger charge is -2.05. The summed E-state index contributed by atoms with van der Waals surface area (Å²) in [4.78, 5) is 0. The molecule has 0 unspecified atom stereocenters. The maximum absolute atomic E-state index is 10.7. The first-order valence-electron chi connectivity index (χ1n) is 5.19. The van der Waals surface area contributed by atoms with Gasteiger partial charge in [-0.15, -0.1) is 0 Å². The van der Waals surface area contributed by atoms with Crippen molar-refractivity contribution in [3.05, 3.63) is 17.5 Å². The number of hydrogen-bond donors (Lipinski definition) is 2. The van der Waals surface area contributed by atoms with E-state index in [1.54, 1.807) is 6.07 Å². The van der Waals surface area contributed by atoms with Crippen LogP contribution in [0.2, 0.25) is 0 Å². The summed E-state index contributed by atoms with van der Waals surface area (Å²) in [6.45, 7) is 4.18. The van der Waals surface area contributed by atoms with Crippen LogP contribution in [0.1, 0.15) is 44.1 Å². The van der Waals surface area contributed by atoms with E-state index in [9.17, 15) is 8.42 Å². The second-order valence-electron chi connectivity index (χ2n) is 3.60. The number of nitrogens with zero attached hydrogens (tertiary/aromatic N) is 1. The predicted molar refractivity (Wildman–Crippen MR) is 59.8 cm³/mol. The Morgan fingerprint density at radius 1 is 1.50 bits per heavy atom. The van der Waals surface area contributed by atoms with E-state index in [1.807, 2.05) is 0 Å². The Morgan fingerprint density at radius 3 is 2.62 bits per heavy atom. The molecule has 0 spiro atoms. The smallest absolute Gasteiger partial charge is 0.274 e. The van der Waals surface area contributed by atoms with Gasteiger partial charge in [0, 0.05) is 12.0 Å². The SMILES string of the molecule is CCC(CC)c1cc(CNS(N)(=O)=O)on1. The summed E-state index contributed by atoms with van der Waals surface area (Å²) >= 11 is 0. The second kappa shape index (κ2) is 5.42. The molecule has 0 atom stereocenters. The Morgan fingerprint density at radius 2 is 2.12 bits per heavy atom. The van der Waals surface area contributed by atoms with Crippen molar-refractivity contribution in [2.45, 2.75) is 39.2 Å². The second-order valence-corrected chi connectivity index (χ2v) is 4.98. The third-order valence-corrected chi connectivity index (χ3v) is 2.98. The van der Waals surface area contributed by atoms with Crippen molar-refractivity contribution in [1.29, 1.82) is 0 Å². The number of hydrogen-bond acceptors (Lipinski definition) is 4. The number of nitrogens with one attached hydrogen (secondary N) is 1. The van der Waals surface area contributed by atoms with E-state index in [0.717, 1.165) is 18.5 Å². The average Bonchev–Trinajstić information content (AvgIpc) is 2.65. The molecule has 1 aromatic heterocycles. The third kappa shape index (κ3) is 3.92. The van der Waals surface area contributed by atoms with Crippen LogP contribution in [0.15, 0.2) is 10.6 Å². The molecule has 0 bridgehead atoms. The summed E-state index contributed by atoms with van der Waals surface area (Å²) in [5.41, 5.74) is 0.858. The molecule has 0 aliphatic carbocycles. The van der Waals surface area contributed by atoms with Crippen molar-refractivity contribution in [2.75, 3.05) is 0 Å². The summed E-state index contributed by atoms with van der Waals surface area (Å²) in [5, 5.41) is 8.71. The maximum Gasteiger partial charge on any atom is 0.274 e. The molecule has 0 aliphatic rings. The fourth-order valence-electron chi connectivity index (χ4n) is 1.48. The lowest BCUT2D eigenvalue weighted by Crippen LogP contribution is -2.30. The van der Waals surface area contributed by atoms with Crippen molar-refractivity contribution < 1.29 is 12.9 Å². The molecule has 0 aliphatic heterocycles. The van der Waals surface area contributed by atoms with E-state index < -0.39 is 10.2 Å². The first-order chi connectivity index (χ1) is 7.46. The molecule has 1 aromatic rings. The van der Waals surface area contributed by atoms with E-state index in [4.69, 9.17) is 9.66 Å². The lowest BCUT2D eigenvalue weighted by atomic mass is 9.99. The van der Waals surface area contributed by atoms with Crippen LogP contribution in [-0.2, 0) is 16.8 Å². The van der Waals surface area contributed by atoms with Gasteiger partial charge < -0.3 is 4.52 Å². The minimum absolute atomic E-state index is 0.0337. The monoisotopic (exact) mass is 247 g/mol. The minimum atomic E-state index is -3.68. The standard InChI is InChI=1S/C9H17N3O3S/c1-3-7(4-2)9-5-8(15-12-9)6-11-16(10,13)14/h5,7,11H,3-4,6H2,1-2H3,(H2,10,13,14). The molecule has 6 nitrogen and oxygen atoms in total. The molecule has 1 rings (SSSR count).